The van der Waals surface area contributed by atoms with E-state index in [0.29, 0.717) is 33.4 Å². The number of carbonyl (C=O) groups excluding carboxylic acids is 2. The zero-order valence-electron chi connectivity index (χ0n) is 17.7. The largest absolute Gasteiger partial charge is 0.503 e. The second kappa shape index (κ2) is 8.39. The van der Waals surface area contributed by atoms with Crippen LogP contribution in [0.1, 0.15) is 27.0 Å². The summed E-state index contributed by atoms with van der Waals surface area (Å²) in [6, 6.07) is 7.15. The third-order valence-electron chi connectivity index (χ3n) is 5.06. The maximum atomic E-state index is 13.3. The number of aromatic nitrogens is 1. The third kappa shape index (κ3) is 3.38. The normalized spacial score (nSPS) is 15.9. The Hall–Kier alpha value is -3.79. The zero-order valence-corrected chi connectivity index (χ0v) is 18.6. The summed E-state index contributed by atoms with van der Waals surface area (Å²) in [6.07, 6.45) is 0. The first-order chi connectivity index (χ1) is 15.4. The number of carbonyl (C=O) groups is 2. The van der Waals surface area contributed by atoms with Crippen LogP contribution >= 0.6 is 11.3 Å². The third-order valence-corrected chi connectivity index (χ3v) is 5.93. The molecule has 10 heteroatoms. The SMILES string of the molecule is COc1cc(C2C(C(=O)c3cccs3)=C(O)C(=O)N2c2cc(C)on2)cc(OC)c1OC. The number of hydrogen-bond acceptors (Lipinski definition) is 9. The molecule has 1 N–H and O–H groups in total. The molecule has 166 valence electrons. The second-order valence-electron chi connectivity index (χ2n) is 6.90. The molecule has 0 fully saturated rings. The Morgan fingerprint density at radius 1 is 1.16 bits per heavy atom. The number of ketones is 1. The summed E-state index contributed by atoms with van der Waals surface area (Å²) in [5.74, 6) is -0.237. The van der Waals surface area contributed by atoms with Crippen LogP contribution in [0.3, 0.4) is 0 Å². The van der Waals surface area contributed by atoms with E-state index in [4.69, 9.17) is 18.7 Å². The van der Waals surface area contributed by atoms with Gasteiger partial charge in [-0.15, -0.1) is 11.3 Å². The number of aliphatic hydroxyl groups excluding tert-OH is 1. The van der Waals surface area contributed by atoms with Crippen LogP contribution in [0, 0.1) is 6.92 Å². The summed E-state index contributed by atoms with van der Waals surface area (Å²) in [5, 5.41) is 16.5. The predicted molar refractivity (Wildman–Crippen MR) is 116 cm³/mol. The molecule has 1 amide bonds. The highest BCUT2D eigenvalue weighted by atomic mass is 32.1. The highest BCUT2D eigenvalue weighted by Gasteiger charge is 2.46. The molecular weight excluding hydrogens is 436 g/mol. The van der Waals surface area contributed by atoms with E-state index in [1.165, 1.54) is 37.6 Å². The lowest BCUT2D eigenvalue weighted by Crippen LogP contribution is -2.31. The molecule has 1 atom stereocenters. The first-order valence-corrected chi connectivity index (χ1v) is 10.4. The van der Waals surface area contributed by atoms with E-state index in [9.17, 15) is 14.7 Å². The van der Waals surface area contributed by atoms with E-state index in [1.54, 1.807) is 42.6 Å². The van der Waals surface area contributed by atoms with Crippen molar-refractivity contribution < 1.29 is 33.4 Å². The van der Waals surface area contributed by atoms with Gasteiger partial charge in [-0.3, -0.25) is 14.5 Å². The van der Waals surface area contributed by atoms with E-state index in [2.05, 4.69) is 5.16 Å². The number of hydrogen-bond donors (Lipinski definition) is 1. The van der Waals surface area contributed by atoms with Gasteiger partial charge in [0.2, 0.25) is 11.5 Å². The Morgan fingerprint density at radius 3 is 2.34 bits per heavy atom. The summed E-state index contributed by atoms with van der Waals surface area (Å²) < 4.78 is 21.4. The molecule has 1 aromatic carbocycles. The summed E-state index contributed by atoms with van der Waals surface area (Å²) in [4.78, 5) is 28.1. The van der Waals surface area contributed by atoms with Crippen LogP contribution in [0.25, 0.3) is 0 Å². The van der Waals surface area contributed by atoms with E-state index in [0.717, 1.165) is 0 Å². The van der Waals surface area contributed by atoms with E-state index in [-0.39, 0.29) is 11.4 Å². The lowest BCUT2D eigenvalue weighted by atomic mass is 9.94. The Balaban J connectivity index is 1.95. The van der Waals surface area contributed by atoms with E-state index >= 15 is 0 Å². The molecule has 0 spiro atoms. The van der Waals surface area contributed by atoms with Crippen molar-refractivity contribution >= 4 is 28.8 Å². The summed E-state index contributed by atoms with van der Waals surface area (Å²) in [5.41, 5.74) is 0.379. The average Bonchev–Trinajstić information content (AvgIpc) is 3.53. The first kappa shape index (κ1) is 21.4. The fraction of sp³-hybridized carbons (Fsp3) is 0.227. The van der Waals surface area contributed by atoms with Gasteiger partial charge in [0.05, 0.1) is 37.8 Å². The number of benzene rings is 1. The molecule has 32 heavy (non-hydrogen) atoms. The van der Waals surface area contributed by atoms with E-state index in [1.807, 2.05) is 0 Å². The van der Waals surface area contributed by atoms with Crippen LogP contribution in [-0.4, -0.2) is 43.3 Å². The number of methoxy groups -OCH3 is 3. The minimum absolute atomic E-state index is 0.0765. The van der Waals surface area contributed by atoms with Crippen LogP contribution in [0.4, 0.5) is 5.82 Å². The summed E-state index contributed by atoms with van der Waals surface area (Å²) in [7, 11) is 4.40. The van der Waals surface area contributed by atoms with Crippen LogP contribution in [-0.2, 0) is 4.79 Å². The van der Waals surface area contributed by atoms with Crippen molar-refractivity contribution in [3.8, 4) is 17.2 Å². The quantitative estimate of drug-likeness (QED) is 0.534. The maximum absolute atomic E-state index is 13.3. The van der Waals surface area contributed by atoms with Crippen molar-refractivity contribution in [3.63, 3.8) is 0 Å². The molecule has 0 saturated heterocycles. The lowest BCUT2D eigenvalue weighted by molar-refractivity contribution is -0.117. The van der Waals surface area contributed by atoms with Crippen molar-refractivity contribution in [2.24, 2.45) is 0 Å². The predicted octanol–water partition coefficient (Wildman–Crippen LogP) is 3.85. The van der Waals surface area contributed by atoms with Gasteiger partial charge in [0.15, 0.2) is 23.1 Å². The van der Waals surface area contributed by atoms with Crippen LogP contribution in [0.15, 0.2) is 51.6 Å². The molecule has 3 aromatic rings. The Morgan fingerprint density at radius 2 is 1.84 bits per heavy atom. The topological polar surface area (TPSA) is 111 Å². The van der Waals surface area contributed by atoms with Crippen molar-refractivity contribution in [1.29, 1.82) is 0 Å². The summed E-state index contributed by atoms with van der Waals surface area (Å²) in [6.45, 7) is 1.68. The molecule has 4 rings (SSSR count). The van der Waals surface area contributed by atoms with Gasteiger partial charge >= 0.3 is 0 Å². The molecule has 3 heterocycles. The standard InChI is InChI=1S/C22H20N2O7S/c1-11-8-16(23-31-11)24-18(12-9-13(28-2)21(30-4)14(10-12)29-3)17(20(26)22(24)27)19(25)15-6-5-7-32-15/h5-10,18,26H,1-4H3. The number of Topliss-reactive ketones (excluding diaryl/α,β-unsaturated/α-hetero) is 1. The Bertz CT molecular complexity index is 1190. The molecule has 9 nitrogen and oxygen atoms in total. The molecule has 2 aromatic heterocycles. The zero-order chi connectivity index (χ0) is 23.0. The van der Waals surface area contributed by atoms with Gasteiger partial charge in [0, 0.05) is 6.07 Å². The van der Waals surface area contributed by atoms with Crippen LogP contribution in [0.5, 0.6) is 17.2 Å². The van der Waals surface area contributed by atoms with Crippen molar-refractivity contribution in [1.82, 2.24) is 5.16 Å². The minimum Gasteiger partial charge on any atom is -0.503 e. The fourth-order valence-corrected chi connectivity index (χ4v) is 4.33. The van der Waals surface area contributed by atoms with Crippen molar-refractivity contribution in [2.45, 2.75) is 13.0 Å². The fourth-order valence-electron chi connectivity index (χ4n) is 3.66. The molecule has 0 saturated carbocycles. The lowest BCUT2D eigenvalue weighted by Gasteiger charge is -2.25. The van der Waals surface area contributed by atoms with E-state index < -0.39 is 23.5 Å². The molecule has 1 aliphatic heterocycles. The van der Waals surface area contributed by atoms with Gasteiger partial charge in [-0.2, -0.15) is 0 Å². The second-order valence-corrected chi connectivity index (χ2v) is 7.85. The smallest absolute Gasteiger partial charge is 0.295 e. The van der Waals surface area contributed by atoms with Gasteiger partial charge in [-0.05, 0) is 36.1 Å². The number of anilines is 1. The maximum Gasteiger partial charge on any atom is 0.295 e. The number of rotatable bonds is 7. The molecule has 0 bridgehead atoms. The first-order valence-electron chi connectivity index (χ1n) is 9.49. The van der Waals surface area contributed by atoms with Gasteiger partial charge in [0.25, 0.3) is 5.91 Å². The molecule has 0 aliphatic carbocycles. The number of aliphatic hydroxyl groups is 1. The number of ether oxygens (including phenoxy) is 3. The van der Waals surface area contributed by atoms with Gasteiger partial charge < -0.3 is 23.8 Å². The Kier molecular flexibility index (Phi) is 5.62. The highest BCUT2D eigenvalue weighted by Crippen LogP contribution is 2.47. The number of nitrogens with zero attached hydrogens (tertiary/aromatic N) is 2. The molecule has 1 unspecified atom stereocenters. The number of amides is 1. The monoisotopic (exact) mass is 456 g/mol. The molecule has 1 aliphatic rings. The minimum atomic E-state index is -1.00. The van der Waals surface area contributed by atoms with Gasteiger partial charge in [-0.1, -0.05) is 11.2 Å². The Labute approximate surface area is 187 Å². The van der Waals surface area contributed by atoms with Crippen LogP contribution in [0.2, 0.25) is 0 Å². The van der Waals surface area contributed by atoms with Crippen molar-refractivity contribution in [3.05, 3.63) is 63.2 Å². The summed E-state index contributed by atoms with van der Waals surface area (Å²) >= 11 is 1.21. The number of thiophene rings is 1. The van der Waals surface area contributed by atoms with Gasteiger partial charge in [0.1, 0.15) is 5.76 Å². The number of aryl methyl sites for hydroxylation is 1. The molecular formula is C22H20N2O7S. The van der Waals surface area contributed by atoms with Gasteiger partial charge in [-0.25, -0.2) is 0 Å². The molecule has 0 radical (unpaired) electrons. The van der Waals surface area contributed by atoms with Crippen LogP contribution < -0.4 is 19.1 Å². The average molecular weight is 456 g/mol. The van der Waals surface area contributed by atoms with Crippen molar-refractivity contribution in [2.75, 3.05) is 26.2 Å². The highest BCUT2D eigenvalue weighted by molar-refractivity contribution is 7.12.